The van der Waals surface area contributed by atoms with Crippen LogP contribution >= 0.6 is 0 Å². The molecule has 2 saturated heterocycles. The average molecular weight is 493 g/mol. The van der Waals surface area contributed by atoms with Crippen molar-refractivity contribution in [3.05, 3.63) is 36.7 Å². The third kappa shape index (κ3) is 3.67. The summed E-state index contributed by atoms with van der Waals surface area (Å²) in [6, 6.07) is 2.87. The number of pyridine rings is 1. The Hall–Kier alpha value is -2.74. The Labute approximate surface area is 212 Å². The fourth-order valence-corrected chi connectivity index (χ4v) is 7.37. The molecule has 1 aromatic heterocycles. The van der Waals surface area contributed by atoms with Crippen molar-refractivity contribution in [3.8, 4) is 0 Å². The molecule has 3 aliphatic heterocycles. The first-order valence-corrected chi connectivity index (χ1v) is 13.7. The van der Waals surface area contributed by atoms with Crippen molar-refractivity contribution in [2.24, 2.45) is 11.8 Å². The molecular weight excluding hydrogens is 456 g/mol. The van der Waals surface area contributed by atoms with Crippen LogP contribution in [-0.4, -0.2) is 52.0 Å². The highest BCUT2D eigenvalue weighted by atomic mass is 16.5. The van der Waals surface area contributed by atoms with Crippen LogP contribution in [0.2, 0.25) is 0 Å². The zero-order valence-electron chi connectivity index (χ0n) is 20.9. The molecule has 0 radical (unpaired) electrons. The molecule has 0 unspecified atom stereocenters. The van der Waals surface area contributed by atoms with Crippen molar-refractivity contribution in [2.45, 2.75) is 100 Å². The van der Waals surface area contributed by atoms with E-state index in [2.05, 4.69) is 15.6 Å². The molecule has 2 N–H and O–H groups in total. The van der Waals surface area contributed by atoms with Gasteiger partial charge < -0.3 is 15.4 Å². The van der Waals surface area contributed by atoms with Gasteiger partial charge in [0.2, 0.25) is 17.7 Å². The number of nitrogens with zero attached hydrogens (tertiary/aromatic N) is 2. The summed E-state index contributed by atoms with van der Waals surface area (Å²) in [6.45, 7) is 1.87. The molecule has 192 valence electrons. The topological polar surface area (TPSA) is 101 Å². The van der Waals surface area contributed by atoms with E-state index in [4.69, 9.17) is 4.74 Å². The van der Waals surface area contributed by atoms with Gasteiger partial charge in [-0.05, 0) is 44.7 Å². The maximum absolute atomic E-state index is 14.2. The molecule has 4 fully saturated rings. The minimum absolute atomic E-state index is 0.0936. The van der Waals surface area contributed by atoms with Crippen LogP contribution in [0.3, 0.4) is 0 Å². The van der Waals surface area contributed by atoms with Crippen LogP contribution in [0.15, 0.2) is 36.7 Å². The van der Waals surface area contributed by atoms with Crippen LogP contribution in [0.4, 0.5) is 5.69 Å². The SMILES string of the molecule is C[C@@]12C=C[C@@]3(O1)[C@H](C(=O)N(c1cccnc1)[C@H]3C(=O)NC1CCCCC1)[C@H]2C(=O)NC1CCCCC1. The molecule has 3 amide bonds. The molecule has 5 aliphatic rings. The Morgan fingerprint density at radius 2 is 1.61 bits per heavy atom. The third-order valence-electron chi connectivity index (χ3n) is 9.06. The predicted molar refractivity (Wildman–Crippen MR) is 134 cm³/mol. The van der Waals surface area contributed by atoms with Gasteiger partial charge in [-0.3, -0.25) is 24.3 Å². The molecule has 6 rings (SSSR count). The van der Waals surface area contributed by atoms with Crippen LogP contribution < -0.4 is 15.5 Å². The van der Waals surface area contributed by atoms with Crippen molar-refractivity contribution < 1.29 is 19.1 Å². The molecule has 0 aromatic carbocycles. The Bertz CT molecular complexity index is 1060. The number of aromatic nitrogens is 1. The van der Waals surface area contributed by atoms with Gasteiger partial charge in [-0.2, -0.15) is 0 Å². The summed E-state index contributed by atoms with van der Waals surface area (Å²) >= 11 is 0. The highest BCUT2D eigenvalue weighted by molar-refractivity contribution is 6.10. The molecule has 1 aromatic rings. The number of hydrogen-bond donors (Lipinski definition) is 2. The first-order chi connectivity index (χ1) is 17.4. The monoisotopic (exact) mass is 492 g/mol. The van der Waals surface area contributed by atoms with Gasteiger partial charge in [0, 0.05) is 18.3 Å². The normalized spacial score (nSPS) is 36.2. The molecule has 5 atom stereocenters. The highest BCUT2D eigenvalue weighted by Gasteiger charge is 2.76. The molecule has 2 saturated carbocycles. The molecule has 8 heteroatoms. The number of carbonyl (C=O) groups is 3. The number of carbonyl (C=O) groups excluding carboxylic acids is 3. The number of amides is 3. The number of anilines is 1. The quantitative estimate of drug-likeness (QED) is 0.616. The Kier molecular flexibility index (Phi) is 5.90. The van der Waals surface area contributed by atoms with E-state index in [0.717, 1.165) is 51.4 Å². The number of ether oxygens (including phenoxy) is 1. The molecule has 36 heavy (non-hydrogen) atoms. The van der Waals surface area contributed by atoms with E-state index in [1.807, 2.05) is 19.1 Å². The standard InChI is InChI=1S/C28H36N4O4/c1-27-14-15-28(36-27)22(21(27)24(33)30-18-9-4-2-5-10-18)26(35)32(20-13-8-16-29-17-20)23(28)25(34)31-19-11-6-3-7-12-19/h8,13-19,21-23H,2-7,9-12H2,1H3,(H,30,33)(H,31,34)/t21-,22-,23-,27-,28+/m0/s1. The van der Waals surface area contributed by atoms with E-state index in [-0.39, 0.29) is 29.8 Å². The molecule has 2 aliphatic carbocycles. The molecular formula is C28H36N4O4. The second-order valence-corrected chi connectivity index (χ2v) is 11.4. The lowest BCUT2D eigenvalue weighted by molar-refractivity contribution is -0.135. The minimum atomic E-state index is -1.19. The van der Waals surface area contributed by atoms with E-state index in [0.29, 0.717) is 5.69 Å². The summed E-state index contributed by atoms with van der Waals surface area (Å²) < 4.78 is 6.62. The van der Waals surface area contributed by atoms with Gasteiger partial charge >= 0.3 is 0 Å². The molecule has 8 nitrogen and oxygen atoms in total. The van der Waals surface area contributed by atoms with Crippen molar-refractivity contribution >= 4 is 23.4 Å². The minimum Gasteiger partial charge on any atom is -0.356 e. The van der Waals surface area contributed by atoms with Crippen LogP contribution in [0.25, 0.3) is 0 Å². The lowest BCUT2D eigenvalue weighted by Gasteiger charge is -2.34. The maximum Gasteiger partial charge on any atom is 0.246 e. The zero-order chi connectivity index (χ0) is 24.9. The summed E-state index contributed by atoms with van der Waals surface area (Å²) in [5, 5.41) is 6.45. The second-order valence-electron chi connectivity index (χ2n) is 11.4. The van der Waals surface area contributed by atoms with E-state index in [9.17, 15) is 14.4 Å². The van der Waals surface area contributed by atoms with Crippen molar-refractivity contribution in [1.29, 1.82) is 0 Å². The van der Waals surface area contributed by atoms with Gasteiger partial charge in [0.05, 0.1) is 29.3 Å². The van der Waals surface area contributed by atoms with Crippen LogP contribution in [0, 0.1) is 11.8 Å². The van der Waals surface area contributed by atoms with Crippen LogP contribution in [0.1, 0.15) is 71.1 Å². The van der Waals surface area contributed by atoms with Gasteiger partial charge in [0.25, 0.3) is 0 Å². The summed E-state index contributed by atoms with van der Waals surface area (Å²) in [5.41, 5.74) is -1.56. The van der Waals surface area contributed by atoms with Crippen molar-refractivity contribution in [1.82, 2.24) is 15.6 Å². The number of nitrogens with one attached hydrogen (secondary N) is 2. The van der Waals surface area contributed by atoms with Crippen molar-refractivity contribution in [2.75, 3.05) is 4.90 Å². The first kappa shape index (κ1) is 23.6. The number of rotatable bonds is 5. The molecule has 2 bridgehead atoms. The predicted octanol–water partition coefficient (Wildman–Crippen LogP) is 3.02. The second kappa shape index (κ2) is 8.98. The smallest absolute Gasteiger partial charge is 0.246 e. The van der Waals surface area contributed by atoms with Crippen molar-refractivity contribution in [3.63, 3.8) is 0 Å². The van der Waals surface area contributed by atoms with Crippen LogP contribution in [0.5, 0.6) is 0 Å². The summed E-state index contributed by atoms with van der Waals surface area (Å²) in [7, 11) is 0. The van der Waals surface area contributed by atoms with Gasteiger partial charge in [-0.15, -0.1) is 0 Å². The van der Waals surface area contributed by atoms with E-state index < -0.39 is 29.1 Å². The summed E-state index contributed by atoms with van der Waals surface area (Å²) in [6.07, 6.45) is 17.6. The summed E-state index contributed by atoms with van der Waals surface area (Å²) in [4.78, 5) is 47.5. The van der Waals surface area contributed by atoms with Gasteiger partial charge in [-0.1, -0.05) is 50.7 Å². The van der Waals surface area contributed by atoms with Gasteiger partial charge in [0.1, 0.15) is 11.6 Å². The fourth-order valence-electron chi connectivity index (χ4n) is 7.37. The zero-order valence-corrected chi connectivity index (χ0v) is 20.9. The number of fused-ring (bicyclic) bond motifs is 1. The third-order valence-corrected chi connectivity index (χ3v) is 9.06. The van der Waals surface area contributed by atoms with E-state index >= 15 is 0 Å². The lowest BCUT2D eigenvalue weighted by atomic mass is 9.70. The van der Waals surface area contributed by atoms with Gasteiger partial charge in [-0.25, -0.2) is 0 Å². The highest BCUT2D eigenvalue weighted by Crippen LogP contribution is 2.60. The van der Waals surface area contributed by atoms with Gasteiger partial charge in [0.15, 0.2) is 0 Å². The van der Waals surface area contributed by atoms with E-state index in [1.165, 1.54) is 17.7 Å². The van der Waals surface area contributed by atoms with E-state index in [1.54, 1.807) is 24.5 Å². The largest absolute Gasteiger partial charge is 0.356 e. The lowest BCUT2D eigenvalue weighted by Crippen LogP contribution is -2.57. The maximum atomic E-state index is 14.2. The summed E-state index contributed by atoms with van der Waals surface area (Å²) in [5.74, 6) is -2.07. The fraction of sp³-hybridized carbons (Fsp3) is 0.643. The first-order valence-electron chi connectivity index (χ1n) is 13.7. The Balaban J connectivity index is 1.35. The number of hydrogen-bond acceptors (Lipinski definition) is 5. The molecule has 4 heterocycles. The molecule has 1 spiro atoms. The average Bonchev–Trinajstić information content (AvgIpc) is 3.46. The Morgan fingerprint density at radius 3 is 2.22 bits per heavy atom. The van der Waals surface area contributed by atoms with Crippen LogP contribution in [-0.2, 0) is 19.1 Å². The Morgan fingerprint density at radius 1 is 0.972 bits per heavy atom.